The Labute approximate surface area is 84.1 Å². The Balaban J connectivity index is 2.80. The molecule has 0 aliphatic rings. The van der Waals surface area contributed by atoms with Crippen LogP contribution in [0.25, 0.3) is 0 Å². The van der Waals surface area contributed by atoms with Gasteiger partial charge in [0.25, 0.3) is 0 Å². The van der Waals surface area contributed by atoms with Crippen LogP contribution in [-0.2, 0) is 0 Å². The molecule has 0 radical (unpaired) electrons. The van der Waals surface area contributed by atoms with E-state index in [9.17, 15) is 0 Å². The predicted molar refractivity (Wildman–Crippen MR) is 55.8 cm³/mol. The van der Waals surface area contributed by atoms with Crippen LogP contribution in [0, 0.1) is 0 Å². The maximum atomic E-state index is 8.87. The number of rotatable bonds is 5. The van der Waals surface area contributed by atoms with Crippen LogP contribution in [0.1, 0.15) is 6.92 Å². The van der Waals surface area contributed by atoms with Gasteiger partial charge in [-0.25, -0.2) is 4.98 Å². The quantitative estimate of drug-likeness (QED) is 0.760. The lowest BCUT2D eigenvalue weighted by molar-refractivity contribution is 0.302. The van der Waals surface area contributed by atoms with E-state index in [1.807, 2.05) is 19.1 Å². The van der Waals surface area contributed by atoms with E-state index >= 15 is 0 Å². The third kappa shape index (κ3) is 2.60. The van der Waals surface area contributed by atoms with Gasteiger partial charge in [-0.05, 0) is 13.0 Å². The van der Waals surface area contributed by atoms with Gasteiger partial charge in [0.15, 0.2) is 0 Å². The van der Waals surface area contributed by atoms with Crippen molar-refractivity contribution in [3.8, 4) is 5.88 Å². The average Bonchev–Trinajstić information content (AvgIpc) is 2.26. The summed E-state index contributed by atoms with van der Waals surface area (Å²) in [6, 6.07) is 3.76. The van der Waals surface area contributed by atoms with E-state index < -0.39 is 0 Å². The van der Waals surface area contributed by atoms with E-state index in [2.05, 4.69) is 9.88 Å². The predicted octanol–water partition coefficient (Wildman–Crippen LogP) is 0.909. The lowest BCUT2D eigenvalue weighted by Gasteiger charge is -2.21. The summed E-state index contributed by atoms with van der Waals surface area (Å²) in [4.78, 5) is 6.08. The maximum absolute atomic E-state index is 8.87. The molecule has 0 bridgehead atoms. The van der Waals surface area contributed by atoms with E-state index in [1.54, 1.807) is 13.3 Å². The number of anilines is 1. The molecule has 0 aliphatic carbocycles. The molecule has 4 nitrogen and oxygen atoms in total. The van der Waals surface area contributed by atoms with Crippen molar-refractivity contribution in [2.75, 3.05) is 31.7 Å². The molecule has 0 aromatic carbocycles. The summed E-state index contributed by atoms with van der Waals surface area (Å²) < 4.78 is 5.03. The van der Waals surface area contributed by atoms with Gasteiger partial charge in [-0.3, -0.25) is 0 Å². The summed E-state index contributed by atoms with van der Waals surface area (Å²) in [7, 11) is 1.59. The van der Waals surface area contributed by atoms with E-state index in [1.165, 1.54) is 0 Å². The fourth-order valence-corrected chi connectivity index (χ4v) is 1.30. The standard InChI is InChI=1S/C10H16N2O2/c1-3-12(6-7-13)9-4-5-11-10(8-9)14-2/h4-5,8,13H,3,6-7H2,1-2H3. The number of methoxy groups -OCH3 is 1. The molecule has 0 aliphatic heterocycles. The summed E-state index contributed by atoms with van der Waals surface area (Å²) in [5.41, 5.74) is 1.02. The zero-order valence-corrected chi connectivity index (χ0v) is 8.60. The summed E-state index contributed by atoms with van der Waals surface area (Å²) in [6.45, 7) is 3.68. The number of aliphatic hydroxyl groups excluding tert-OH is 1. The lowest BCUT2D eigenvalue weighted by Crippen LogP contribution is -2.26. The molecule has 0 saturated heterocycles. The molecule has 0 spiro atoms. The SMILES string of the molecule is CCN(CCO)c1ccnc(OC)c1. The number of pyridine rings is 1. The first kappa shape index (κ1) is 10.8. The second-order valence-corrected chi connectivity index (χ2v) is 2.86. The molecule has 0 fully saturated rings. The molecule has 1 aromatic heterocycles. The summed E-state index contributed by atoms with van der Waals surface area (Å²) in [6.07, 6.45) is 1.70. The second-order valence-electron chi connectivity index (χ2n) is 2.86. The first-order valence-corrected chi connectivity index (χ1v) is 4.67. The summed E-state index contributed by atoms with van der Waals surface area (Å²) in [5.74, 6) is 0.596. The highest BCUT2D eigenvalue weighted by molar-refractivity contribution is 5.47. The molecular formula is C10H16N2O2. The van der Waals surface area contributed by atoms with E-state index in [-0.39, 0.29) is 6.61 Å². The van der Waals surface area contributed by atoms with E-state index in [0.29, 0.717) is 12.4 Å². The smallest absolute Gasteiger partial charge is 0.214 e. The number of ether oxygens (including phenoxy) is 1. The highest BCUT2D eigenvalue weighted by atomic mass is 16.5. The Morgan fingerprint density at radius 3 is 2.93 bits per heavy atom. The van der Waals surface area contributed by atoms with Crippen molar-refractivity contribution >= 4 is 5.69 Å². The van der Waals surface area contributed by atoms with Crippen LogP contribution in [0.2, 0.25) is 0 Å². The summed E-state index contributed by atoms with van der Waals surface area (Å²) >= 11 is 0. The van der Waals surface area contributed by atoms with Crippen molar-refractivity contribution in [1.29, 1.82) is 0 Å². The molecule has 0 unspecified atom stereocenters. The van der Waals surface area contributed by atoms with Crippen LogP contribution < -0.4 is 9.64 Å². The molecule has 14 heavy (non-hydrogen) atoms. The van der Waals surface area contributed by atoms with Crippen LogP contribution in [0.15, 0.2) is 18.3 Å². The fraction of sp³-hybridized carbons (Fsp3) is 0.500. The van der Waals surface area contributed by atoms with Crippen LogP contribution in [0.3, 0.4) is 0 Å². The van der Waals surface area contributed by atoms with Crippen LogP contribution in [0.4, 0.5) is 5.69 Å². The number of hydrogen-bond donors (Lipinski definition) is 1. The largest absolute Gasteiger partial charge is 0.481 e. The Kier molecular flexibility index (Phi) is 4.19. The van der Waals surface area contributed by atoms with Gasteiger partial charge in [-0.15, -0.1) is 0 Å². The highest BCUT2D eigenvalue weighted by Gasteiger charge is 2.04. The van der Waals surface area contributed by atoms with Gasteiger partial charge in [0, 0.05) is 31.0 Å². The van der Waals surface area contributed by atoms with E-state index in [4.69, 9.17) is 9.84 Å². The lowest BCUT2D eigenvalue weighted by atomic mass is 10.3. The Morgan fingerprint density at radius 1 is 1.57 bits per heavy atom. The molecule has 1 aromatic rings. The van der Waals surface area contributed by atoms with Crippen molar-refractivity contribution in [2.24, 2.45) is 0 Å². The molecule has 1 rings (SSSR count). The first-order chi connectivity index (χ1) is 6.81. The van der Waals surface area contributed by atoms with Crippen molar-refractivity contribution < 1.29 is 9.84 Å². The Morgan fingerprint density at radius 2 is 2.36 bits per heavy atom. The van der Waals surface area contributed by atoms with E-state index in [0.717, 1.165) is 12.2 Å². The van der Waals surface area contributed by atoms with Crippen LogP contribution in [-0.4, -0.2) is 36.9 Å². The molecule has 0 saturated carbocycles. The van der Waals surface area contributed by atoms with Gasteiger partial charge >= 0.3 is 0 Å². The van der Waals surface area contributed by atoms with Crippen LogP contribution >= 0.6 is 0 Å². The molecular weight excluding hydrogens is 180 g/mol. The zero-order valence-electron chi connectivity index (χ0n) is 8.60. The number of nitrogens with zero attached hydrogens (tertiary/aromatic N) is 2. The third-order valence-electron chi connectivity index (χ3n) is 2.04. The van der Waals surface area contributed by atoms with Gasteiger partial charge < -0.3 is 14.7 Å². The topological polar surface area (TPSA) is 45.6 Å². The first-order valence-electron chi connectivity index (χ1n) is 4.67. The van der Waals surface area contributed by atoms with Crippen molar-refractivity contribution in [1.82, 2.24) is 4.98 Å². The summed E-state index contributed by atoms with van der Waals surface area (Å²) in [5, 5.41) is 8.87. The molecule has 0 atom stereocenters. The highest BCUT2D eigenvalue weighted by Crippen LogP contribution is 2.17. The second kappa shape index (κ2) is 5.44. The van der Waals surface area contributed by atoms with Crippen LogP contribution in [0.5, 0.6) is 5.88 Å². The van der Waals surface area contributed by atoms with Crippen molar-refractivity contribution in [3.63, 3.8) is 0 Å². The number of aliphatic hydroxyl groups is 1. The molecule has 78 valence electrons. The Hall–Kier alpha value is -1.29. The van der Waals surface area contributed by atoms with Crippen molar-refractivity contribution in [2.45, 2.75) is 6.92 Å². The minimum atomic E-state index is 0.151. The van der Waals surface area contributed by atoms with Gasteiger partial charge in [-0.1, -0.05) is 0 Å². The monoisotopic (exact) mass is 196 g/mol. The number of aromatic nitrogens is 1. The zero-order chi connectivity index (χ0) is 10.4. The molecule has 0 amide bonds. The van der Waals surface area contributed by atoms with Gasteiger partial charge in [0.05, 0.1) is 13.7 Å². The minimum absolute atomic E-state index is 0.151. The fourth-order valence-electron chi connectivity index (χ4n) is 1.30. The Bertz CT molecular complexity index is 279. The molecule has 1 N–H and O–H groups in total. The number of likely N-dealkylation sites (N-methyl/N-ethyl adjacent to an activating group) is 1. The molecule has 4 heteroatoms. The minimum Gasteiger partial charge on any atom is -0.481 e. The maximum Gasteiger partial charge on any atom is 0.214 e. The van der Waals surface area contributed by atoms with Gasteiger partial charge in [0.1, 0.15) is 0 Å². The third-order valence-corrected chi connectivity index (χ3v) is 2.04. The van der Waals surface area contributed by atoms with Crippen molar-refractivity contribution in [3.05, 3.63) is 18.3 Å². The number of hydrogen-bond acceptors (Lipinski definition) is 4. The van der Waals surface area contributed by atoms with Gasteiger partial charge in [-0.2, -0.15) is 0 Å². The normalized spacial score (nSPS) is 9.93. The average molecular weight is 196 g/mol. The molecule has 1 heterocycles. The van der Waals surface area contributed by atoms with Gasteiger partial charge in [0.2, 0.25) is 5.88 Å².